The zero-order valence-corrected chi connectivity index (χ0v) is 28.7. The third-order valence-electron chi connectivity index (χ3n) is 7.45. The van der Waals surface area contributed by atoms with E-state index >= 15 is 0 Å². The Balaban J connectivity index is 0.000000836. The first-order valence-corrected chi connectivity index (χ1v) is 16.6. The van der Waals surface area contributed by atoms with Crippen molar-refractivity contribution in [3.63, 3.8) is 0 Å². The summed E-state index contributed by atoms with van der Waals surface area (Å²) in [6.07, 6.45) is 14.6. The molecular weight excluding hydrogens is 550 g/mol. The molecule has 0 atom stereocenters. The van der Waals surface area contributed by atoms with Crippen molar-refractivity contribution in [2.75, 3.05) is 17.7 Å². The van der Waals surface area contributed by atoms with Crippen LogP contribution in [0.2, 0.25) is 0 Å². The van der Waals surface area contributed by atoms with Gasteiger partial charge in [-0.1, -0.05) is 92.2 Å². The zero-order valence-electron chi connectivity index (χ0n) is 27.9. The van der Waals surface area contributed by atoms with Gasteiger partial charge in [0.05, 0.1) is 17.8 Å². The van der Waals surface area contributed by atoms with Crippen LogP contribution in [-0.4, -0.2) is 35.5 Å². The highest BCUT2D eigenvalue weighted by Crippen LogP contribution is 2.50. The average Bonchev–Trinajstić information content (AvgIpc) is 2.97. The molecule has 0 fully saturated rings. The molecule has 4 rings (SSSR count). The SMILES string of the molecule is CC(C)(C)O.CCCCCC/C=C/c1ccc2c(c1)-c1c(C)c(-c3ccc(C)cc3)c(CC=O)c(C)c1N(SC)C2.CO. The van der Waals surface area contributed by atoms with Crippen LogP contribution < -0.4 is 4.31 Å². The Kier molecular flexibility index (Phi) is 14.7. The largest absolute Gasteiger partial charge is 0.400 e. The number of nitrogens with zero attached hydrogens (tertiary/aromatic N) is 1. The van der Waals surface area contributed by atoms with Gasteiger partial charge >= 0.3 is 0 Å². The number of hydrogen-bond acceptors (Lipinski definition) is 5. The van der Waals surface area contributed by atoms with Gasteiger partial charge in [0.2, 0.25) is 0 Å². The van der Waals surface area contributed by atoms with Crippen LogP contribution in [0.1, 0.15) is 93.2 Å². The fourth-order valence-corrected chi connectivity index (χ4v) is 6.18. The zero-order chi connectivity index (χ0) is 32.2. The molecule has 0 aromatic heterocycles. The van der Waals surface area contributed by atoms with Crippen molar-refractivity contribution in [2.45, 2.75) is 99.1 Å². The molecule has 0 saturated heterocycles. The van der Waals surface area contributed by atoms with E-state index < -0.39 is 5.60 Å². The summed E-state index contributed by atoms with van der Waals surface area (Å²) in [7, 11) is 1.00. The molecule has 0 saturated carbocycles. The van der Waals surface area contributed by atoms with Crippen molar-refractivity contribution in [3.05, 3.63) is 81.9 Å². The molecule has 43 heavy (non-hydrogen) atoms. The van der Waals surface area contributed by atoms with E-state index in [0.29, 0.717) is 6.42 Å². The standard InChI is InChI=1S/C33H39NOS.C4H10O.CH4O/c1-6-7-8-9-10-11-12-26-15-18-28-22-34(36-5)33-24(3)29(19-20-35)31(25(4)32(33)30(28)21-26)27-16-13-23(2)14-17-27;1-4(2,3)5;1-2/h11-18,20-21H,6-10,19,22H2,1-5H3;5H,1-3H3;2H,1H3/b12-11+;;. The van der Waals surface area contributed by atoms with Crippen LogP contribution in [0.5, 0.6) is 0 Å². The lowest BCUT2D eigenvalue weighted by atomic mass is 9.80. The van der Waals surface area contributed by atoms with E-state index in [1.807, 2.05) is 0 Å². The highest BCUT2D eigenvalue weighted by molar-refractivity contribution is 7.99. The van der Waals surface area contributed by atoms with Gasteiger partial charge in [0.25, 0.3) is 0 Å². The molecule has 0 spiro atoms. The minimum atomic E-state index is -0.500. The molecule has 0 aliphatic carbocycles. The number of anilines is 1. The Morgan fingerprint density at radius 1 is 0.930 bits per heavy atom. The van der Waals surface area contributed by atoms with Gasteiger partial charge in [-0.25, -0.2) is 0 Å². The molecule has 0 bridgehead atoms. The number of aliphatic hydroxyl groups excluding tert-OH is 1. The van der Waals surface area contributed by atoms with Crippen LogP contribution in [0.3, 0.4) is 0 Å². The predicted molar refractivity (Wildman–Crippen MR) is 189 cm³/mol. The molecule has 1 aliphatic rings. The van der Waals surface area contributed by atoms with Crippen LogP contribution in [0, 0.1) is 20.8 Å². The van der Waals surface area contributed by atoms with Gasteiger partial charge in [0, 0.05) is 25.3 Å². The number of benzene rings is 3. The van der Waals surface area contributed by atoms with Gasteiger partial charge in [-0.3, -0.25) is 0 Å². The van der Waals surface area contributed by atoms with E-state index in [9.17, 15) is 4.79 Å². The average molecular weight is 604 g/mol. The van der Waals surface area contributed by atoms with E-state index in [4.69, 9.17) is 10.2 Å². The number of fused-ring (bicyclic) bond motifs is 3. The predicted octanol–water partition coefficient (Wildman–Crippen LogP) is 9.65. The highest BCUT2D eigenvalue weighted by Gasteiger charge is 2.29. The molecule has 0 unspecified atom stereocenters. The second-order valence-corrected chi connectivity index (χ2v) is 12.9. The number of carbonyl (C=O) groups is 1. The minimum absolute atomic E-state index is 0.430. The summed E-state index contributed by atoms with van der Waals surface area (Å²) in [5.41, 5.74) is 13.3. The van der Waals surface area contributed by atoms with Gasteiger partial charge in [-0.15, -0.1) is 0 Å². The van der Waals surface area contributed by atoms with Crippen molar-refractivity contribution in [1.29, 1.82) is 0 Å². The van der Waals surface area contributed by atoms with Crippen molar-refractivity contribution < 1.29 is 15.0 Å². The third-order valence-corrected chi connectivity index (χ3v) is 8.20. The molecular formula is C38H53NO3S. The first-order chi connectivity index (χ1) is 20.5. The van der Waals surface area contributed by atoms with Crippen LogP contribution in [-0.2, 0) is 17.8 Å². The van der Waals surface area contributed by atoms with Crippen LogP contribution in [0.25, 0.3) is 28.3 Å². The van der Waals surface area contributed by atoms with Crippen molar-refractivity contribution in [3.8, 4) is 22.3 Å². The molecule has 3 aromatic rings. The van der Waals surface area contributed by atoms with Gasteiger partial charge in [0.1, 0.15) is 6.29 Å². The van der Waals surface area contributed by atoms with E-state index in [2.05, 4.69) is 92.9 Å². The Labute approximate surface area is 265 Å². The lowest BCUT2D eigenvalue weighted by Crippen LogP contribution is -2.22. The Morgan fingerprint density at radius 3 is 2.16 bits per heavy atom. The van der Waals surface area contributed by atoms with E-state index in [1.165, 1.54) is 81.4 Å². The summed E-state index contributed by atoms with van der Waals surface area (Å²) in [4.78, 5) is 11.8. The molecule has 1 aliphatic heterocycles. The highest BCUT2D eigenvalue weighted by atomic mass is 32.2. The summed E-state index contributed by atoms with van der Waals surface area (Å²) in [6, 6.07) is 15.7. The van der Waals surface area contributed by atoms with Gasteiger partial charge in [0.15, 0.2) is 0 Å². The van der Waals surface area contributed by atoms with Gasteiger partial charge in [-0.05, 0) is 105 Å². The van der Waals surface area contributed by atoms with Crippen LogP contribution in [0.4, 0.5) is 5.69 Å². The quantitative estimate of drug-likeness (QED) is 0.137. The number of aryl methyl sites for hydroxylation is 1. The Bertz CT molecular complexity index is 1350. The fourth-order valence-electron chi connectivity index (χ4n) is 5.50. The molecule has 5 heteroatoms. The minimum Gasteiger partial charge on any atom is -0.400 e. The van der Waals surface area contributed by atoms with Crippen molar-refractivity contribution in [1.82, 2.24) is 0 Å². The van der Waals surface area contributed by atoms with Gasteiger partial charge < -0.3 is 19.3 Å². The van der Waals surface area contributed by atoms with Crippen LogP contribution >= 0.6 is 11.9 Å². The van der Waals surface area contributed by atoms with Gasteiger partial charge in [-0.2, -0.15) is 0 Å². The number of rotatable bonds is 10. The summed E-state index contributed by atoms with van der Waals surface area (Å²) >= 11 is 1.76. The lowest BCUT2D eigenvalue weighted by Gasteiger charge is -2.36. The number of carbonyl (C=O) groups excluding carboxylic acids is 1. The van der Waals surface area contributed by atoms with Crippen LogP contribution in [0.15, 0.2) is 48.5 Å². The third kappa shape index (κ3) is 10.1. The number of hydrogen-bond donors (Lipinski definition) is 2. The van der Waals surface area contributed by atoms with E-state index in [0.717, 1.165) is 31.9 Å². The second-order valence-electron chi connectivity index (χ2n) is 12.1. The summed E-state index contributed by atoms with van der Waals surface area (Å²) in [5.74, 6) is 0. The maximum absolute atomic E-state index is 11.8. The molecule has 234 valence electrons. The normalized spacial score (nSPS) is 12.1. The maximum Gasteiger partial charge on any atom is 0.124 e. The monoisotopic (exact) mass is 603 g/mol. The van der Waals surface area contributed by atoms with E-state index in [1.54, 1.807) is 32.7 Å². The first kappa shape index (κ1) is 36.3. The molecule has 0 amide bonds. The fraction of sp³-hybridized carbons (Fsp3) is 0.447. The topological polar surface area (TPSA) is 60.8 Å². The molecule has 4 nitrogen and oxygen atoms in total. The number of aliphatic hydroxyl groups is 2. The van der Waals surface area contributed by atoms with Crippen molar-refractivity contribution in [2.24, 2.45) is 0 Å². The number of aldehydes is 1. The molecule has 3 aromatic carbocycles. The first-order valence-electron chi connectivity index (χ1n) is 15.4. The molecule has 2 N–H and O–H groups in total. The number of unbranched alkanes of at least 4 members (excludes halogenated alkanes) is 4. The summed E-state index contributed by atoms with van der Waals surface area (Å²) < 4.78 is 2.40. The van der Waals surface area contributed by atoms with Crippen molar-refractivity contribution >= 4 is 30.0 Å². The second kappa shape index (κ2) is 17.4. The van der Waals surface area contributed by atoms with E-state index in [-0.39, 0.29) is 0 Å². The maximum atomic E-state index is 11.8. The summed E-state index contributed by atoms with van der Waals surface area (Å²) in [5, 5.41) is 15.5. The Morgan fingerprint density at radius 2 is 1.58 bits per heavy atom. The molecule has 1 heterocycles. The summed E-state index contributed by atoms with van der Waals surface area (Å²) in [6.45, 7) is 14.9. The smallest absolute Gasteiger partial charge is 0.124 e. The lowest BCUT2D eigenvalue weighted by molar-refractivity contribution is -0.107. The molecule has 0 radical (unpaired) electrons. The number of allylic oxidation sites excluding steroid dienone is 1. The Hall–Kier alpha value is -2.86.